The second kappa shape index (κ2) is 5.41. The minimum Gasteiger partial charge on any atom is -0.324 e. The molecule has 0 bridgehead atoms. The molecule has 94 valence electrons. The molecule has 0 spiro atoms. The Balaban J connectivity index is 2.05. The molecule has 0 heterocycles. The molecule has 1 saturated carbocycles. The number of hydrogen-bond donors (Lipinski definition) is 1. The Labute approximate surface area is 109 Å². The van der Waals surface area contributed by atoms with Crippen LogP contribution in [0.2, 0.25) is 5.02 Å². The first kappa shape index (κ1) is 12.9. The quantitative estimate of drug-likeness (QED) is 0.828. The highest BCUT2D eigenvalue weighted by Crippen LogP contribution is 2.38. The van der Waals surface area contributed by atoms with Crippen LogP contribution in [0.1, 0.15) is 44.7 Å². The third-order valence-corrected chi connectivity index (χ3v) is 4.65. The van der Waals surface area contributed by atoms with E-state index in [-0.39, 0.29) is 6.04 Å². The van der Waals surface area contributed by atoms with Crippen molar-refractivity contribution in [2.24, 2.45) is 23.5 Å². The average molecular weight is 252 g/mol. The van der Waals surface area contributed by atoms with Gasteiger partial charge in [0.1, 0.15) is 0 Å². The largest absolute Gasteiger partial charge is 0.324 e. The lowest BCUT2D eigenvalue weighted by atomic mass is 9.72. The van der Waals surface area contributed by atoms with Crippen molar-refractivity contribution in [2.45, 2.75) is 39.2 Å². The molecule has 0 saturated heterocycles. The Kier molecular flexibility index (Phi) is 4.11. The molecule has 0 amide bonds. The molecule has 2 rings (SSSR count). The van der Waals surface area contributed by atoms with Gasteiger partial charge in [-0.05, 0) is 48.3 Å². The molecular formula is C15H22ClN. The van der Waals surface area contributed by atoms with Gasteiger partial charge in [-0.15, -0.1) is 0 Å². The first-order valence-electron chi connectivity index (χ1n) is 6.59. The number of hydrogen-bond acceptors (Lipinski definition) is 1. The van der Waals surface area contributed by atoms with Crippen LogP contribution in [-0.4, -0.2) is 0 Å². The van der Waals surface area contributed by atoms with E-state index in [0.717, 1.165) is 16.9 Å². The summed E-state index contributed by atoms with van der Waals surface area (Å²) in [5.41, 5.74) is 7.61. The van der Waals surface area contributed by atoms with E-state index < -0.39 is 0 Å². The van der Waals surface area contributed by atoms with Gasteiger partial charge in [-0.3, -0.25) is 0 Å². The first-order valence-corrected chi connectivity index (χ1v) is 6.96. The highest BCUT2D eigenvalue weighted by molar-refractivity contribution is 6.30. The van der Waals surface area contributed by atoms with Gasteiger partial charge in [0.05, 0.1) is 0 Å². The zero-order valence-electron chi connectivity index (χ0n) is 10.7. The van der Waals surface area contributed by atoms with Gasteiger partial charge >= 0.3 is 0 Å². The summed E-state index contributed by atoms with van der Waals surface area (Å²) in [6, 6.07) is 8.17. The van der Waals surface area contributed by atoms with Crippen molar-refractivity contribution in [2.75, 3.05) is 0 Å². The van der Waals surface area contributed by atoms with Crippen molar-refractivity contribution < 1.29 is 0 Å². The molecule has 2 N–H and O–H groups in total. The van der Waals surface area contributed by atoms with Gasteiger partial charge in [-0.1, -0.05) is 44.0 Å². The number of nitrogens with two attached hydrogens (primary N) is 1. The standard InChI is InChI=1S/C15H22ClN/c1-10-3-4-13(9-11(10)2)15(17)12-5-7-14(16)8-6-12/h5-8,10-11,13,15H,3-4,9,17H2,1-2H3. The molecule has 4 unspecified atom stereocenters. The average Bonchev–Trinajstić information content (AvgIpc) is 2.33. The van der Waals surface area contributed by atoms with Crippen LogP contribution in [0.3, 0.4) is 0 Å². The van der Waals surface area contributed by atoms with Gasteiger partial charge in [-0.2, -0.15) is 0 Å². The Morgan fingerprint density at radius 3 is 2.35 bits per heavy atom. The summed E-state index contributed by atoms with van der Waals surface area (Å²) < 4.78 is 0. The SMILES string of the molecule is CC1CCC(C(N)c2ccc(Cl)cc2)CC1C. The maximum Gasteiger partial charge on any atom is 0.0406 e. The smallest absolute Gasteiger partial charge is 0.0406 e. The number of rotatable bonds is 2. The molecule has 17 heavy (non-hydrogen) atoms. The molecule has 2 heteroatoms. The molecule has 1 nitrogen and oxygen atoms in total. The van der Waals surface area contributed by atoms with Crippen molar-refractivity contribution in [3.05, 3.63) is 34.9 Å². The van der Waals surface area contributed by atoms with E-state index in [0.29, 0.717) is 5.92 Å². The van der Waals surface area contributed by atoms with Crippen LogP contribution in [0.5, 0.6) is 0 Å². The minimum atomic E-state index is 0.169. The molecule has 1 aliphatic rings. The van der Waals surface area contributed by atoms with Crippen molar-refractivity contribution in [3.63, 3.8) is 0 Å². The summed E-state index contributed by atoms with van der Waals surface area (Å²) >= 11 is 5.90. The second-order valence-corrected chi connectivity index (χ2v) is 6.04. The van der Waals surface area contributed by atoms with Crippen LogP contribution < -0.4 is 5.73 Å². The van der Waals surface area contributed by atoms with E-state index in [1.165, 1.54) is 24.8 Å². The van der Waals surface area contributed by atoms with Crippen LogP contribution in [0.4, 0.5) is 0 Å². The van der Waals surface area contributed by atoms with E-state index >= 15 is 0 Å². The van der Waals surface area contributed by atoms with Gasteiger partial charge < -0.3 is 5.73 Å². The van der Waals surface area contributed by atoms with Crippen molar-refractivity contribution in [3.8, 4) is 0 Å². The van der Waals surface area contributed by atoms with Crippen molar-refractivity contribution in [1.29, 1.82) is 0 Å². The maximum absolute atomic E-state index is 6.38. The second-order valence-electron chi connectivity index (χ2n) is 5.61. The molecule has 0 radical (unpaired) electrons. The monoisotopic (exact) mass is 251 g/mol. The molecule has 0 aromatic heterocycles. The maximum atomic E-state index is 6.38. The van der Waals surface area contributed by atoms with E-state index in [2.05, 4.69) is 26.0 Å². The van der Waals surface area contributed by atoms with Crippen LogP contribution in [-0.2, 0) is 0 Å². The minimum absolute atomic E-state index is 0.169. The summed E-state index contributed by atoms with van der Waals surface area (Å²) in [4.78, 5) is 0. The Hall–Kier alpha value is -0.530. The molecule has 1 aromatic rings. The molecule has 4 atom stereocenters. The van der Waals surface area contributed by atoms with Crippen molar-refractivity contribution >= 4 is 11.6 Å². The lowest BCUT2D eigenvalue weighted by Gasteiger charge is -2.35. The molecule has 1 aliphatic carbocycles. The van der Waals surface area contributed by atoms with Gasteiger partial charge in [0.15, 0.2) is 0 Å². The summed E-state index contributed by atoms with van der Waals surface area (Å²) in [5.74, 6) is 2.28. The van der Waals surface area contributed by atoms with Gasteiger partial charge in [-0.25, -0.2) is 0 Å². The summed E-state index contributed by atoms with van der Waals surface area (Å²) in [6.45, 7) is 4.71. The van der Waals surface area contributed by atoms with Gasteiger partial charge in [0, 0.05) is 11.1 Å². The predicted molar refractivity (Wildman–Crippen MR) is 74.0 cm³/mol. The summed E-state index contributed by atoms with van der Waals surface area (Å²) in [6.07, 6.45) is 3.83. The lowest BCUT2D eigenvalue weighted by molar-refractivity contribution is 0.186. The Bertz CT molecular complexity index is 360. The topological polar surface area (TPSA) is 26.0 Å². The third kappa shape index (κ3) is 3.02. The summed E-state index contributed by atoms with van der Waals surface area (Å²) in [7, 11) is 0. The molecular weight excluding hydrogens is 230 g/mol. The van der Waals surface area contributed by atoms with Crippen LogP contribution in [0.25, 0.3) is 0 Å². The highest BCUT2D eigenvalue weighted by Gasteiger charge is 2.28. The fourth-order valence-corrected chi connectivity index (χ4v) is 3.00. The zero-order valence-corrected chi connectivity index (χ0v) is 11.5. The molecule has 0 aliphatic heterocycles. The van der Waals surface area contributed by atoms with E-state index in [1.54, 1.807) is 0 Å². The van der Waals surface area contributed by atoms with Crippen molar-refractivity contribution in [1.82, 2.24) is 0 Å². The molecule has 1 aromatic carbocycles. The van der Waals surface area contributed by atoms with Crippen LogP contribution in [0.15, 0.2) is 24.3 Å². The van der Waals surface area contributed by atoms with Crippen LogP contribution >= 0.6 is 11.6 Å². The van der Waals surface area contributed by atoms with E-state index in [9.17, 15) is 0 Å². The third-order valence-electron chi connectivity index (χ3n) is 4.40. The van der Waals surface area contributed by atoms with E-state index in [4.69, 9.17) is 17.3 Å². The number of benzene rings is 1. The Morgan fingerprint density at radius 1 is 1.12 bits per heavy atom. The lowest BCUT2D eigenvalue weighted by Crippen LogP contribution is -2.29. The normalized spacial score (nSPS) is 31.2. The highest BCUT2D eigenvalue weighted by atomic mass is 35.5. The zero-order chi connectivity index (χ0) is 12.4. The predicted octanol–water partition coefficient (Wildman–Crippen LogP) is 4.41. The Morgan fingerprint density at radius 2 is 1.76 bits per heavy atom. The first-order chi connectivity index (χ1) is 8.08. The van der Waals surface area contributed by atoms with Gasteiger partial charge in [0.25, 0.3) is 0 Å². The fraction of sp³-hybridized carbons (Fsp3) is 0.600. The van der Waals surface area contributed by atoms with E-state index in [1.807, 2.05) is 12.1 Å². The van der Waals surface area contributed by atoms with Crippen LogP contribution in [0, 0.1) is 17.8 Å². The molecule has 1 fully saturated rings. The summed E-state index contributed by atoms with van der Waals surface area (Å²) in [5, 5.41) is 0.784. The van der Waals surface area contributed by atoms with Gasteiger partial charge in [0.2, 0.25) is 0 Å². The number of halogens is 1. The fourth-order valence-electron chi connectivity index (χ4n) is 2.87.